The normalized spacial score (nSPS) is 13.5. The Hall–Kier alpha value is -1.72. The zero-order valence-electron chi connectivity index (χ0n) is 17.4. The average molecular weight is 434 g/mol. The molecule has 1 aromatic rings. The van der Waals surface area contributed by atoms with Gasteiger partial charge in [-0.2, -0.15) is 0 Å². The van der Waals surface area contributed by atoms with Crippen molar-refractivity contribution in [3.63, 3.8) is 0 Å². The first-order valence-corrected chi connectivity index (χ1v) is 11.9. The third-order valence-corrected chi connectivity index (χ3v) is 6.62. The number of aliphatic imine (C=N–C) groups is 1. The van der Waals surface area contributed by atoms with E-state index >= 15 is 0 Å². The topological polar surface area (TPSA) is 113 Å². The van der Waals surface area contributed by atoms with Crippen LogP contribution in [0.25, 0.3) is 0 Å². The minimum absolute atomic E-state index is 0.152. The van der Waals surface area contributed by atoms with Gasteiger partial charge in [0, 0.05) is 26.7 Å². The van der Waals surface area contributed by atoms with Crippen molar-refractivity contribution in [1.82, 2.24) is 19.9 Å². The van der Waals surface area contributed by atoms with Gasteiger partial charge in [-0.3, -0.25) is 4.99 Å². The van der Waals surface area contributed by atoms with Crippen molar-refractivity contribution in [2.75, 3.05) is 39.5 Å². The van der Waals surface area contributed by atoms with Crippen LogP contribution >= 0.6 is 11.3 Å². The van der Waals surface area contributed by atoms with Gasteiger partial charge in [-0.25, -0.2) is 22.5 Å². The maximum absolute atomic E-state index is 11.9. The Morgan fingerprint density at radius 3 is 2.61 bits per heavy atom. The van der Waals surface area contributed by atoms with Gasteiger partial charge in [-0.1, -0.05) is 6.92 Å². The van der Waals surface area contributed by atoms with E-state index in [1.54, 1.807) is 20.9 Å². The summed E-state index contributed by atoms with van der Waals surface area (Å²) >= 11 is 1.30. The van der Waals surface area contributed by atoms with Crippen molar-refractivity contribution < 1.29 is 17.9 Å². The van der Waals surface area contributed by atoms with Gasteiger partial charge in [0.05, 0.1) is 24.6 Å². The van der Waals surface area contributed by atoms with Crippen molar-refractivity contribution >= 4 is 33.3 Å². The summed E-state index contributed by atoms with van der Waals surface area (Å²) in [7, 11) is -1.51. The number of hydrogen-bond donors (Lipinski definition) is 2. The molecule has 0 radical (unpaired) electrons. The van der Waals surface area contributed by atoms with Crippen molar-refractivity contribution in [3.05, 3.63) is 15.6 Å². The van der Waals surface area contributed by atoms with E-state index in [2.05, 4.69) is 20.6 Å². The lowest BCUT2D eigenvalue weighted by Gasteiger charge is -2.19. The average Bonchev–Trinajstić information content (AvgIpc) is 3.01. The number of nitrogens with one attached hydrogen (secondary N) is 2. The van der Waals surface area contributed by atoms with Gasteiger partial charge in [-0.05, 0) is 27.2 Å². The van der Waals surface area contributed by atoms with Crippen LogP contribution in [0.4, 0.5) is 0 Å². The van der Waals surface area contributed by atoms with Crippen molar-refractivity contribution in [2.45, 2.75) is 40.2 Å². The standard InChI is InChI=1S/C17H31N5O4S2/c1-7-22(28(6,24)25)11-9-10-19-17(18-5)21-13(4)15-20-12(3)14(27-15)16(23)26-8-2/h13H,7-11H2,1-6H3,(H2,18,19,21). The van der Waals surface area contributed by atoms with E-state index in [9.17, 15) is 13.2 Å². The summed E-state index contributed by atoms with van der Waals surface area (Å²) in [4.78, 5) is 21.1. The maximum Gasteiger partial charge on any atom is 0.350 e. The van der Waals surface area contributed by atoms with E-state index in [-0.39, 0.29) is 12.0 Å². The molecule has 0 spiro atoms. The van der Waals surface area contributed by atoms with E-state index in [4.69, 9.17) is 4.74 Å². The summed E-state index contributed by atoms with van der Waals surface area (Å²) in [5.41, 5.74) is 0.649. The molecule has 1 rings (SSSR count). The molecule has 0 aliphatic carbocycles. The molecule has 28 heavy (non-hydrogen) atoms. The fraction of sp³-hybridized carbons (Fsp3) is 0.706. The lowest BCUT2D eigenvalue weighted by Crippen LogP contribution is -2.40. The minimum Gasteiger partial charge on any atom is -0.462 e. The molecule has 160 valence electrons. The largest absolute Gasteiger partial charge is 0.462 e. The second kappa shape index (κ2) is 11.3. The van der Waals surface area contributed by atoms with E-state index in [0.717, 1.165) is 5.01 Å². The van der Waals surface area contributed by atoms with E-state index in [1.165, 1.54) is 21.9 Å². The number of carbonyl (C=O) groups is 1. The third-order valence-electron chi connectivity index (χ3n) is 3.92. The molecule has 0 saturated carbocycles. The number of esters is 1. The Kier molecular flexibility index (Phi) is 9.83. The minimum atomic E-state index is -3.17. The molecule has 0 amide bonds. The zero-order valence-corrected chi connectivity index (χ0v) is 19.0. The number of rotatable bonds is 10. The Morgan fingerprint density at radius 1 is 1.39 bits per heavy atom. The molecule has 1 unspecified atom stereocenters. The number of guanidine groups is 1. The lowest BCUT2D eigenvalue weighted by atomic mass is 10.3. The first kappa shape index (κ1) is 24.3. The molecule has 1 aromatic heterocycles. The highest BCUT2D eigenvalue weighted by Crippen LogP contribution is 2.24. The molecule has 2 N–H and O–H groups in total. The fourth-order valence-corrected chi connectivity index (χ4v) is 4.36. The summed E-state index contributed by atoms with van der Waals surface area (Å²) in [6, 6.07) is -0.152. The van der Waals surface area contributed by atoms with Gasteiger partial charge in [0.2, 0.25) is 10.0 Å². The molecule has 9 nitrogen and oxygen atoms in total. The van der Waals surface area contributed by atoms with Gasteiger partial charge >= 0.3 is 5.97 Å². The Labute approximate surface area is 171 Å². The van der Waals surface area contributed by atoms with Crippen molar-refractivity contribution in [1.29, 1.82) is 0 Å². The smallest absolute Gasteiger partial charge is 0.350 e. The highest BCUT2D eigenvalue weighted by atomic mass is 32.2. The van der Waals surface area contributed by atoms with Crippen LogP contribution in [0.3, 0.4) is 0 Å². The lowest BCUT2D eigenvalue weighted by molar-refractivity contribution is 0.0531. The van der Waals surface area contributed by atoms with Gasteiger partial charge in [0.25, 0.3) is 0 Å². The first-order chi connectivity index (χ1) is 13.1. The maximum atomic E-state index is 11.9. The molecule has 11 heteroatoms. The van der Waals surface area contributed by atoms with Crippen molar-refractivity contribution in [2.24, 2.45) is 4.99 Å². The number of aryl methyl sites for hydroxylation is 1. The van der Waals surface area contributed by atoms with E-state index in [0.29, 0.717) is 49.2 Å². The third kappa shape index (κ3) is 7.36. The van der Waals surface area contributed by atoms with Crippen LogP contribution in [0.5, 0.6) is 0 Å². The number of hydrogen-bond acceptors (Lipinski definition) is 7. The Morgan fingerprint density at radius 2 is 2.07 bits per heavy atom. The summed E-state index contributed by atoms with van der Waals surface area (Å²) in [6.07, 6.45) is 1.87. The quantitative estimate of drug-likeness (QED) is 0.249. The molecule has 1 atom stereocenters. The predicted octanol–water partition coefficient (Wildman–Crippen LogP) is 1.53. The molecule has 0 bridgehead atoms. The first-order valence-electron chi connectivity index (χ1n) is 9.20. The highest BCUT2D eigenvalue weighted by Gasteiger charge is 2.20. The number of ether oxygens (including phenoxy) is 1. The molecular formula is C17H31N5O4S2. The molecule has 0 saturated heterocycles. The summed E-state index contributed by atoms with van der Waals surface area (Å²) in [5.74, 6) is 0.227. The number of carbonyl (C=O) groups excluding carboxylic acids is 1. The Balaban J connectivity index is 2.59. The van der Waals surface area contributed by atoms with Gasteiger partial charge in [0.1, 0.15) is 9.88 Å². The Bertz CT molecular complexity index is 777. The SMILES string of the molecule is CCOC(=O)c1sc(C(C)NC(=NC)NCCCN(CC)S(C)(=O)=O)nc1C. The summed E-state index contributed by atoms with van der Waals surface area (Å²) in [6.45, 7) is 9.10. The van der Waals surface area contributed by atoms with E-state index in [1.807, 2.05) is 13.8 Å². The van der Waals surface area contributed by atoms with Gasteiger partial charge < -0.3 is 15.4 Å². The van der Waals surface area contributed by atoms with Crippen LogP contribution < -0.4 is 10.6 Å². The molecule has 0 aromatic carbocycles. The van der Waals surface area contributed by atoms with Crippen LogP contribution in [-0.2, 0) is 14.8 Å². The molecule has 0 aliphatic rings. The van der Waals surface area contributed by atoms with Crippen LogP contribution in [0, 0.1) is 6.92 Å². The van der Waals surface area contributed by atoms with Crippen LogP contribution in [0.1, 0.15) is 53.6 Å². The number of sulfonamides is 1. The molecular weight excluding hydrogens is 402 g/mol. The number of thiazole rings is 1. The molecule has 0 fully saturated rings. The summed E-state index contributed by atoms with van der Waals surface area (Å²) < 4.78 is 29.7. The second-order valence-corrected chi connectivity index (χ2v) is 9.17. The van der Waals surface area contributed by atoms with Crippen LogP contribution in [-0.4, -0.2) is 69.2 Å². The van der Waals surface area contributed by atoms with Gasteiger partial charge in [-0.15, -0.1) is 11.3 Å². The predicted molar refractivity (Wildman–Crippen MR) is 112 cm³/mol. The molecule has 0 aliphatic heterocycles. The fourth-order valence-electron chi connectivity index (χ4n) is 2.47. The van der Waals surface area contributed by atoms with E-state index < -0.39 is 10.0 Å². The zero-order chi connectivity index (χ0) is 21.3. The second-order valence-electron chi connectivity index (χ2n) is 6.16. The molecule has 1 heterocycles. The summed E-state index contributed by atoms with van der Waals surface area (Å²) in [5, 5.41) is 7.16. The van der Waals surface area contributed by atoms with Crippen LogP contribution in [0.2, 0.25) is 0 Å². The number of nitrogens with zero attached hydrogens (tertiary/aromatic N) is 3. The highest BCUT2D eigenvalue weighted by molar-refractivity contribution is 7.88. The monoisotopic (exact) mass is 433 g/mol. The van der Waals surface area contributed by atoms with Crippen LogP contribution in [0.15, 0.2) is 4.99 Å². The van der Waals surface area contributed by atoms with Gasteiger partial charge in [0.15, 0.2) is 5.96 Å². The number of aromatic nitrogens is 1. The van der Waals surface area contributed by atoms with Crippen molar-refractivity contribution in [3.8, 4) is 0 Å².